The van der Waals surface area contributed by atoms with E-state index >= 15 is 0 Å². The second-order valence-corrected chi connectivity index (χ2v) is 8.54. The molecule has 118 valence electrons. The summed E-state index contributed by atoms with van der Waals surface area (Å²) >= 11 is -0.317. The summed E-state index contributed by atoms with van der Waals surface area (Å²) in [7, 11) is 0. The van der Waals surface area contributed by atoms with E-state index < -0.39 is 0 Å². The standard InChI is InChI=1S/C18H20AsN3O/c1-4-19-18-20-12(3)14-11-15(13-9-7-6-8-10-13)17(23)22(5-2)16(14)21-18/h6-11,19H,4-5H2,1-3H3. The molecule has 0 aliphatic heterocycles. The van der Waals surface area contributed by atoms with Gasteiger partial charge in [-0.1, -0.05) is 0 Å². The summed E-state index contributed by atoms with van der Waals surface area (Å²) in [6.07, 6.45) is 0. The van der Waals surface area contributed by atoms with Gasteiger partial charge in [-0.3, -0.25) is 0 Å². The van der Waals surface area contributed by atoms with Crippen LogP contribution in [0.1, 0.15) is 19.5 Å². The Morgan fingerprint density at radius 2 is 1.87 bits per heavy atom. The van der Waals surface area contributed by atoms with Crippen LogP contribution in [-0.4, -0.2) is 30.3 Å². The Morgan fingerprint density at radius 3 is 2.52 bits per heavy atom. The average Bonchev–Trinajstić information content (AvgIpc) is 2.56. The molecule has 2 heterocycles. The van der Waals surface area contributed by atoms with Crippen molar-refractivity contribution in [1.82, 2.24) is 14.5 Å². The van der Waals surface area contributed by atoms with Gasteiger partial charge in [-0.15, -0.1) is 0 Å². The van der Waals surface area contributed by atoms with Gasteiger partial charge in [0.2, 0.25) is 0 Å². The van der Waals surface area contributed by atoms with Crippen molar-refractivity contribution in [2.24, 2.45) is 0 Å². The molecule has 5 heteroatoms. The van der Waals surface area contributed by atoms with Gasteiger partial charge < -0.3 is 0 Å². The first-order valence-electron chi connectivity index (χ1n) is 7.87. The van der Waals surface area contributed by atoms with E-state index in [1.54, 1.807) is 4.57 Å². The summed E-state index contributed by atoms with van der Waals surface area (Å²) in [4.78, 5) is 22.3. The molecule has 0 bridgehead atoms. The Hall–Kier alpha value is -1.93. The van der Waals surface area contributed by atoms with Crippen LogP contribution in [0.3, 0.4) is 0 Å². The minimum atomic E-state index is -0.317. The van der Waals surface area contributed by atoms with Crippen LogP contribution in [0.2, 0.25) is 5.21 Å². The number of aromatic nitrogens is 3. The van der Waals surface area contributed by atoms with Gasteiger partial charge in [0.25, 0.3) is 0 Å². The van der Waals surface area contributed by atoms with Gasteiger partial charge in [0, 0.05) is 0 Å². The van der Waals surface area contributed by atoms with E-state index in [9.17, 15) is 4.79 Å². The zero-order valence-electron chi connectivity index (χ0n) is 13.6. The van der Waals surface area contributed by atoms with Crippen molar-refractivity contribution in [2.45, 2.75) is 32.5 Å². The molecule has 4 nitrogen and oxygen atoms in total. The molecular formula is C18H20AsN3O. The van der Waals surface area contributed by atoms with Crippen molar-refractivity contribution in [3.63, 3.8) is 0 Å². The Morgan fingerprint density at radius 1 is 1.13 bits per heavy atom. The summed E-state index contributed by atoms with van der Waals surface area (Å²) in [6, 6.07) is 11.7. The van der Waals surface area contributed by atoms with Crippen LogP contribution in [0.25, 0.3) is 22.2 Å². The van der Waals surface area contributed by atoms with Crippen LogP contribution in [0.4, 0.5) is 0 Å². The van der Waals surface area contributed by atoms with Gasteiger partial charge in [-0.25, -0.2) is 0 Å². The molecule has 3 aromatic rings. The van der Waals surface area contributed by atoms with E-state index in [1.165, 1.54) is 0 Å². The second kappa shape index (κ2) is 6.67. The van der Waals surface area contributed by atoms with E-state index in [2.05, 4.69) is 11.9 Å². The summed E-state index contributed by atoms with van der Waals surface area (Å²) in [5, 5.41) is 2.08. The van der Waals surface area contributed by atoms with Crippen molar-refractivity contribution < 1.29 is 0 Å². The molecular weight excluding hydrogens is 349 g/mol. The van der Waals surface area contributed by atoms with Crippen molar-refractivity contribution in [3.8, 4) is 11.1 Å². The van der Waals surface area contributed by atoms with E-state index in [4.69, 9.17) is 4.98 Å². The van der Waals surface area contributed by atoms with Gasteiger partial charge in [-0.05, 0) is 0 Å². The molecule has 3 rings (SSSR count). The number of hydrogen-bond donors (Lipinski definition) is 0. The number of nitrogens with zero attached hydrogens (tertiary/aromatic N) is 3. The normalized spacial score (nSPS) is 11.6. The second-order valence-electron chi connectivity index (χ2n) is 5.37. The number of aryl methyl sites for hydroxylation is 2. The SMILES string of the molecule is CC[AsH]c1nc(C)c2cc(-c3ccccc3)c(=O)n(CC)c2n1. The van der Waals surface area contributed by atoms with Crippen LogP contribution in [0.15, 0.2) is 41.2 Å². The summed E-state index contributed by atoms with van der Waals surface area (Å²) < 4.78 is 2.71. The molecule has 0 amide bonds. The Labute approximate surface area is 142 Å². The number of hydrogen-bond acceptors (Lipinski definition) is 3. The van der Waals surface area contributed by atoms with Crippen LogP contribution in [0.5, 0.6) is 0 Å². The van der Waals surface area contributed by atoms with Gasteiger partial charge in [-0.2, -0.15) is 0 Å². The fourth-order valence-electron chi connectivity index (χ4n) is 2.74. The van der Waals surface area contributed by atoms with Crippen LogP contribution in [-0.2, 0) is 6.54 Å². The first-order chi connectivity index (χ1) is 11.2. The Bertz CT molecular complexity index is 904. The zero-order valence-corrected chi connectivity index (χ0v) is 15.7. The number of benzene rings is 1. The molecule has 0 fully saturated rings. The number of pyridine rings is 1. The van der Waals surface area contributed by atoms with Crippen LogP contribution in [0, 0.1) is 6.92 Å². The van der Waals surface area contributed by atoms with Crippen molar-refractivity contribution in [3.05, 3.63) is 52.4 Å². The van der Waals surface area contributed by atoms with Crippen LogP contribution >= 0.6 is 0 Å². The molecule has 1 atom stereocenters. The average molecular weight is 369 g/mol. The molecule has 23 heavy (non-hydrogen) atoms. The van der Waals surface area contributed by atoms with Gasteiger partial charge in [0.1, 0.15) is 0 Å². The molecule has 0 saturated heterocycles. The predicted molar refractivity (Wildman–Crippen MR) is 96.9 cm³/mol. The molecule has 1 unspecified atom stereocenters. The van der Waals surface area contributed by atoms with Gasteiger partial charge >= 0.3 is 142 Å². The fourth-order valence-corrected chi connectivity index (χ4v) is 4.31. The molecule has 0 N–H and O–H groups in total. The third-order valence-electron chi connectivity index (χ3n) is 3.87. The molecule has 0 radical (unpaired) electrons. The van der Waals surface area contributed by atoms with E-state index in [0.717, 1.165) is 32.1 Å². The van der Waals surface area contributed by atoms with Crippen molar-refractivity contribution in [2.75, 3.05) is 0 Å². The first-order valence-corrected chi connectivity index (χ1v) is 10.4. The van der Waals surface area contributed by atoms with Gasteiger partial charge in [0.05, 0.1) is 0 Å². The van der Waals surface area contributed by atoms with Gasteiger partial charge in [0.15, 0.2) is 0 Å². The fraction of sp³-hybridized carbons (Fsp3) is 0.278. The van der Waals surface area contributed by atoms with Crippen molar-refractivity contribution >= 4 is 31.4 Å². The maximum atomic E-state index is 12.9. The van der Waals surface area contributed by atoms with Crippen LogP contribution < -0.4 is 10.2 Å². The molecule has 0 aliphatic carbocycles. The molecule has 1 aromatic carbocycles. The van der Waals surface area contributed by atoms with E-state index in [-0.39, 0.29) is 21.3 Å². The molecule has 2 aromatic heterocycles. The monoisotopic (exact) mass is 369 g/mol. The Kier molecular flexibility index (Phi) is 4.63. The predicted octanol–water partition coefficient (Wildman–Crippen LogP) is 2.29. The topological polar surface area (TPSA) is 47.8 Å². The maximum absolute atomic E-state index is 12.9. The number of fused-ring (bicyclic) bond motifs is 1. The molecule has 0 saturated carbocycles. The quantitative estimate of drug-likeness (QED) is 0.663. The third kappa shape index (κ3) is 2.96. The first kappa shape index (κ1) is 15.9. The summed E-state index contributed by atoms with van der Waals surface area (Å²) in [5.41, 5.74) is 3.41. The zero-order chi connectivity index (χ0) is 16.4. The van der Waals surface area contributed by atoms with E-state index in [0.29, 0.717) is 12.1 Å². The molecule has 0 aliphatic rings. The van der Waals surface area contributed by atoms with E-state index in [1.807, 2.05) is 50.2 Å². The Balaban J connectivity index is 2.35. The summed E-state index contributed by atoms with van der Waals surface area (Å²) in [5.74, 6) is 0. The van der Waals surface area contributed by atoms with Crippen molar-refractivity contribution in [1.29, 1.82) is 0 Å². The summed E-state index contributed by atoms with van der Waals surface area (Å²) in [6.45, 7) is 6.77. The number of rotatable bonds is 4. The minimum absolute atomic E-state index is 0.0201. The molecule has 0 spiro atoms. The third-order valence-corrected chi connectivity index (χ3v) is 5.75.